The molecule has 4 heteroatoms. The van der Waals surface area contributed by atoms with Crippen LogP contribution in [-0.4, -0.2) is 23.5 Å². The molecule has 1 aromatic rings. The van der Waals surface area contributed by atoms with Crippen molar-refractivity contribution in [2.45, 2.75) is 38.8 Å². The van der Waals surface area contributed by atoms with Crippen LogP contribution in [0.1, 0.15) is 31.7 Å². The fraction of sp³-hybridized carbons (Fsp3) is 0.500. The summed E-state index contributed by atoms with van der Waals surface area (Å²) in [5.74, 6) is 0. The van der Waals surface area contributed by atoms with Gasteiger partial charge >= 0.3 is 6.03 Å². The van der Waals surface area contributed by atoms with Crippen molar-refractivity contribution in [3.63, 3.8) is 0 Å². The van der Waals surface area contributed by atoms with Crippen LogP contribution < -0.4 is 11.1 Å². The smallest absolute Gasteiger partial charge is 0.317 e. The standard InChI is InChI=1S/C14H21N3O/c1-2-17(14(18)16-12-7-5-8-12)10-11-6-3-4-9-13(11)15/h3-4,6,9,12H,2,5,7-8,10,15H2,1H3,(H,16,18). The van der Waals surface area contributed by atoms with Crippen molar-refractivity contribution in [3.05, 3.63) is 29.8 Å². The first kappa shape index (κ1) is 12.7. The molecule has 0 aromatic heterocycles. The summed E-state index contributed by atoms with van der Waals surface area (Å²) in [4.78, 5) is 13.9. The molecule has 2 amide bonds. The van der Waals surface area contributed by atoms with E-state index in [4.69, 9.17) is 5.73 Å². The van der Waals surface area contributed by atoms with Crippen molar-refractivity contribution in [2.75, 3.05) is 12.3 Å². The molecular weight excluding hydrogens is 226 g/mol. The van der Waals surface area contributed by atoms with E-state index in [0.29, 0.717) is 19.1 Å². The van der Waals surface area contributed by atoms with Gasteiger partial charge in [-0.3, -0.25) is 0 Å². The number of hydrogen-bond acceptors (Lipinski definition) is 2. The van der Waals surface area contributed by atoms with Gasteiger partial charge < -0.3 is 16.0 Å². The van der Waals surface area contributed by atoms with E-state index in [1.54, 1.807) is 4.90 Å². The molecule has 2 rings (SSSR count). The lowest BCUT2D eigenvalue weighted by Crippen LogP contribution is -2.47. The van der Waals surface area contributed by atoms with Crippen LogP contribution in [-0.2, 0) is 6.54 Å². The number of nitrogen functional groups attached to an aromatic ring is 1. The topological polar surface area (TPSA) is 58.4 Å². The predicted octanol–water partition coefficient (Wildman–Crippen LogP) is 2.35. The number of carbonyl (C=O) groups excluding carboxylic acids is 1. The van der Waals surface area contributed by atoms with Crippen molar-refractivity contribution in [1.29, 1.82) is 0 Å². The normalized spacial score (nSPS) is 14.9. The van der Waals surface area contributed by atoms with Gasteiger partial charge in [-0.1, -0.05) is 18.2 Å². The van der Waals surface area contributed by atoms with E-state index in [-0.39, 0.29) is 6.03 Å². The van der Waals surface area contributed by atoms with Gasteiger partial charge in [0.1, 0.15) is 0 Å². The highest BCUT2D eigenvalue weighted by molar-refractivity contribution is 5.74. The second kappa shape index (κ2) is 5.76. The molecule has 0 atom stereocenters. The molecule has 1 saturated carbocycles. The van der Waals surface area contributed by atoms with E-state index in [0.717, 1.165) is 24.1 Å². The van der Waals surface area contributed by atoms with E-state index in [9.17, 15) is 4.79 Å². The molecule has 1 fully saturated rings. The molecule has 0 unspecified atom stereocenters. The Labute approximate surface area is 108 Å². The summed E-state index contributed by atoms with van der Waals surface area (Å²) >= 11 is 0. The first-order chi connectivity index (χ1) is 8.70. The Kier molecular flexibility index (Phi) is 4.07. The van der Waals surface area contributed by atoms with E-state index in [1.165, 1.54) is 6.42 Å². The summed E-state index contributed by atoms with van der Waals surface area (Å²) < 4.78 is 0. The SMILES string of the molecule is CCN(Cc1ccccc1N)C(=O)NC1CCC1. The Balaban J connectivity index is 1.95. The summed E-state index contributed by atoms with van der Waals surface area (Å²) in [6.07, 6.45) is 3.44. The highest BCUT2D eigenvalue weighted by Crippen LogP contribution is 2.19. The fourth-order valence-electron chi connectivity index (χ4n) is 2.03. The third-order valence-corrected chi connectivity index (χ3v) is 3.52. The van der Waals surface area contributed by atoms with Crippen molar-refractivity contribution < 1.29 is 4.79 Å². The molecule has 0 saturated heterocycles. The zero-order chi connectivity index (χ0) is 13.0. The second-order valence-electron chi connectivity index (χ2n) is 4.79. The number of urea groups is 1. The lowest BCUT2D eigenvalue weighted by Gasteiger charge is -2.30. The average molecular weight is 247 g/mol. The summed E-state index contributed by atoms with van der Waals surface area (Å²) in [6.45, 7) is 3.24. The Morgan fingerprint density at radius 3 is 2.72 bits per heavy atom. The molecule has 1 aliphatic carbocycles. The van der Waals surface area contributed by atoms with E-state index in [1.807, 2.05) is 31.2 Å². The summed E-state index contributed by atoms with van der Waals surface area (Å²) in [5, 5.41) is 3.05. The van der Waals surface area contributed by atoms with Crippen molar-refractivity contribution in [3.8, 4) is 0 Å². The fourth-order valence-corrected chi connectivity index (χ4v) is 2.03. The zero-order valence-electron chi connectivity index (χ0n) is 10.9. The van der Waals surface area contributed by atoms with Crippen LogP contribution in [0.2, 0.25) is 0 Å². The first-order valence-corrected chi connectivity index (χ1v) is 6.59. The Morgan fingerprint density at radius 1 is 1.44 bits per heavy atom. The summed E-state index contributed by atoms with van der Waals surface area (Å²) in [7, 11) is 0. The molecule has 4 nitrogen and oxygen atoms in total. The third-order valence-electron chi connectivity index (χ3n) is 3.52. The number of nitrogens with zero attached hydrogens (tertiary/aromatic N) is 1. The number of hydrogen-bond donors (Lipinski definition) is 2. The lowest BCUT2D eigenvalue weighted by atomic mass is 9.93. The van der Waals surface area contributed by atoms with Gasteiger partial charge in [0, 0.05) is 24.8 Å². The predicted molar refractivity (Wildman–Crippen MR) is 73.1 cm³/mol. The van der Waals surface area contributed by atoms with Gasteiger partial charge in [0.05, 0.1) is 0 Å². The zero-order valence-corrected chi connectivity index (χ0v) is 10.9. The molecule has 18 heavy (non-hydrogen) atoms. The molecular formula is C14H21N3O. The molecule has 1 aliphatic rings. The number of nitrogens with one attached hydrogen (secondary N) is 1. The maximum atomic E-state index is 12.1. The number of benzene rings is 1. The van der Waals surface area contributed by atoms with Crippen LogP contribution >= 0.6 is 0 Å². The van der Waals surface area contributed by atoms with Gasteiger partial charge in [-0.25, -0.2) is 4.79 Å². The molecule has 0 spiro atoms. The molecule has 0 radical (unpaired) electrons. The van der Waals surface area contributed by atoms with E-state index >= 15 is 0 Å². The van der Waals surface area contributed by atoms with Crippen molar-refractivity contribution in [1.82, 2.24) is 10.2 Å². The number of carbonyl (C=O) groups is 1. The van der Waals surface area contributed by atoms with Crippen LogP contribution in [0.5, 0.6) is 0 Å². The number of rotatable bonds is 4. The highest BCUT2D eigenvalue weighted by atomic mass is 16.2. The number of para-hydroxylation sites is 1. The van der Waals surface area contributed by atoms with Crippen molar-refractivity contribution in [2.24, 2.45) is 0 Å². The molecule has 1 aromatic carbocycles. The minimum Gasteiger partial charge on any atom is -0.398 e. The maximum absolute atomic E-state index is 12.1. The van der Waals surface area contributed by atoms with E-state index < -0.39 is 0 Å². The molecule has 3 N–H and O–H groups in total. The van der Waals surface area contributed by atoms with Crippen molar-refractivity contribution >= 4 is 11.7 Å². The number of amides is 2. The van der Waals surface area contributed by atoms with Gasteiger partial charge in [0.2, 0.25) is 0 Å². The lowest BCUT2D eigenvalue weighted by molar-refractivity contribution is 0.186. The molecule has 0 bridgehead atoms. The monoisotopic (exact) mass is 247 g/mol. The Morgan fingerprint density at radius 2 is 2.17 bits per heavy atom. The number of anilines is 1. The highest BCUT2D eigenvalue weighted by Gasteiger charge is 2.22. The minimum atomic E-state index is 0.0189. The van der Waals surface area contributed by atoms with Gasteiger partial charge in [0.15, 0.2) is 0 Å². The van der Waals surface area contributed by atoms with Crippen LogP contribution in [0.25, 0.3) is 0 Å². The largest absolute Gasteiger partial charge is 0.398 e. The van der Waals surface area contributed by atoms with E-state index in [2.05, 4.69) is 5.32 Å². The van der Waals surface area contributed by atoms with Crippen LogP contribution in [0.4, 0.5) is 10.5 Å². The Hall–Kier alpha value is -1.71. The van der Waals surface area contributed by atoms with Crippen LogP contribution in [0.15, 0.2) is 24.3 Å². The van der Waals surface area contributed by atoms with Crippen LogP contribution in [0.3, 0.4) is 0 Å². The first-order valence-electron chi connectivity index (χ1n) is 6.59. The second-order valence-corrected chi connectivity index (χ2v) is 4.79. The molecule has 0 aliphatic heterocycles. The quantitative estimate of drug-likeness (QED) is 0.802. The summed E-state index contributed by atoms with van der Waals surface area (Å²) in [6, 6.07) is 8.08. The average Bonchev–Trinajstić information content (AvgIpc) is 2.32. The minimum absolute atomic E-state index is 0.0189. The van der Waals surface area contributed by atoms with Gasteiger partial charge in [-0.05, 0) is 37.8 Å². The summed E-state index contributed by atoms with van der Waals surface area (Å²) in [5.41, 5.74) is 7.65. The third kappa shape index (κ3) is 2.94. The maximum Gasteiger partial charge on any atom is 0.317 e. The number of nitrogens with two attached hydrogens (primary N) is 1. The molecule has 0 heterocycles. The van der Waals surface area contributed by atoms with Gasteiger partial charge in [-0.2, -0.15) is 0 Å². The van der Waals surface area contributed by atoms with Crippen LogP contribution in [0, 0.1) is 0 Å². The van der Waals surface area contributed by atoms with Gasteiger partial charge in [0.25, 0.3) is 0 Å². The van der Waals surface area contributed by atoms with Gasteiger partial charge in [-0.15, -0.1) is 0 Å². The Bertz CT molecular complexity index is 415. The molecule has 98 valence electrons.